The molecule has 1 aromatic rings. The topological polar surface area (TPSA) is 57.5 Å². The maximum absolute atomic E-state index is 11.7. The van der Waals surface area contributed by atoms with Crippen LogP contribution in [-0.4, -0.2) is 46.4 Å². The van der Waals surface area contributed by atoms with Gasteiger partial charge in [-0.05, 0) is 43.9 Å². The number of carbonyl (C=O) groups is 1. The molecule has 6 nitrogen and oxygen atoms in total. The number of thioether (sulfide) groups is 1. The first kappa shape index (κ1) is 19.7. The molecule has 0 radical (unpaired) electrons. The molecular formula is C14H19ClN4O2S2. The number of carbonyl (C=O) groups excluding carboxylic acids is 1. The molecule has 0 aliphatic carbocycles. The monoisotopic (exact) mass is 374 g/mol. The van der Waals surface area contributed by atoms with Crippen LogP contribution in [0.25, 0.3) is 0 Å². The van der Waals surface area contributed by atoms with Gasteiger partial charge in [0, 0.05) is 19.1 Å². The zero-order valence-corrected chi connectivity index (χ0v) is 16.0. The highest BCUT2D eigenvalue weighted by Gasteiger charge is 2.13. The number of hydrogen-bond acceptors (Lipinski definition) is 6. The lowest BCUT2D eigenvalue weighted by Crippen LogP contribution is -2.24. The van der Waals surface area contributed by atoms with Crippen molar-refractivity contribution >= 4 is 58.7 Å². The van der Waals surface area contributed by atoms with E-state index in [9.17, 15) is 4.79 Å². The Morgan fingerprint density at radius 2 is 2.09 bits per heavy atom. The van der Waals surface area contributed by atoms with E-state index in [0.717, 1.165) is 23.4 Å². The maximum atomic E-state index is 11.7. The first-order valence-corrected chi connectivity index (χ1v) is 8.91. The number of aliphatic imine (C=N–C) groups is 1. The second-order valence-corrected chi connectivity index (χ2v) is 7.19. The van der Waals surface area contributed by atoms with E-state index in [1.807, 2.05) is 25.3 Å². The Hall–Kier alpha value is -1.38. The number of amides is 1. The van der Waals surface area contributed by atoms with Crippen molar-refractivity contribution in [2.45, 2.75) is 13.8 Å². The third kappa shape index (κ3) is 7.15. The molecule has 0 spiro atoms. The highest BCUT2D eigenvalue weighted by atomic mass is 35.5. The van der Waals surface area contributed by atoms with Gasteiger partial charge in [0.05, 0.1) is 17.8 Å². The van der Waals surface area contributed by atoms with Gasteiger partial charge in [-0.2, -0.15) is 0 Å². The largest absolute Gasteiger partial charge is 0.447 e. The van der Waals surface area contributed by atoms with Crippen molar-refractivity contribution in [2.24, 2.45) is 10.1 Å². The molecule has 1 rings (SSSR count). The Balaban J connectivity index is 2.56. The Morgan fingerprint density at radius 1 is 1.39 bits per heavy atom. The summed E-state index contributed by atoms with van der Waals surface area (Å²) in [6.07, 6.45) is 2.90. The van der Waals surface area contributed by atoms with Gasteiger partial charge in [-0.1, -0.05) is 16.8 Å². The SMILES string of the molecule is CS/C(C)=N/OC(=O)N(C)SN(C)C=Nc1ccc(Cl)cc1C. The van der Waals surface area contributed by atoms with Crippen LogP contribution in [0.1, 0.15) is 12.5 Å². The zero-order valence-electron chi connectivity index (χ0n) is 13.6. The molecule has 9 heteroatoms. The first-order chi connectivity index (χ1) is 10.8. The Labute approximate surface area is 150 Å². The Morgan fingerprint density at radius 3 is 2.70 bits per heavy atom. The van der Waals surface area contributed by atoms with E-state index in [0.29, 0.717) is 10.1 Å². The van der Waals surface area contributed by atoms with Crippen molar-refractivity contribution in [1.29, 1.82) is 0 Å². The fraction of sp³-hybridized carbons (Fsp3) is 0.357. The third-order valence-electron chi connectivity index (χ3n) is 2.57. The Bertz CT molecular complexity index is 610. The summed E-state index contributed by atoms with van der Waals surface area (Å²) in [6.45, 7) is 3.69. The highest BCUT2D eigenvalue weighted by Crippen LogP contribution is 2.22. The predicted octanol–water partition coefficient (Wildman–Crippen LogP) is 4.57. The number of halogens is 1. The van der Waals surface area contributed by atoms with Gasteiger partial charge >= 0.3 is 6.09 Å². The second-order valence-electron chi connectivity index (χ2n) is 4.47. The van der Waals surface area contributed by atoms with Crippen molar-refractivity contribution in [2.75, 3.05) is 20.4 Å². The molecule has 0 bridgehead atoms. The van der Waals surface area contributed by atoms with Gasteiger partial charge < -0.3 is 0 Å². The fourth-order valence-electron chi connectivity index (χ4n) is 1.35. The molecule has 0 aromatic heterocycles. The average molecular weight is 375 g/mol. The van der Waals surface area contributed by atoms with Crippen LogP contribution in [0, 0.1) is 6.92 Å². The lowest BCUT2D eigenvalue weighted by atomic mass is 10.2. The van der Waals surface area contributed by atoms with Crippen molar-refractivity contribution in [1.82, 2.24) is 8.61 Å². The number of oxime groups is 1. The minimum absolute atomic E-state index is 0.564. The summed E-state index contributed by atoms with van der Waals surface area (Å²) in [5.74, 6) is 0. The van der Waals surface area contributed by atoms with Gasteiger partial charge in [-0.3, -0.25) is 9.14 Å². The average Bonchev–Trinajstić information content (AvgIpc) is 2.51. The molecule has 126 valence electrons. The predicted molar refractivity (Wildman–Crippen MR) is 101 cm³/mol. The van der Waals surface area contributed by atoms with Crippen molar-refractivity contribution in [3.05, 3.63) is 28.8 Å². The smallest absolute Gasteiger partial charge is 0.296 e. The summed E-state index contributed by atoms with van der Waals surface area (Å²) in [5.41, 5.74) is 1.79. The van der Waals surface area contributed by atoms with Crippen LogP contribution >= 0.6 is 35.5 Å². The molecule has 1 aromatic carbocycles. The van der Waals surface area contributed by atoms with Crippen LogP contribution in [0.4, 0.5) is 10.5 Å². The van der Waals surface area contributed by atoms with Gasteiger partial charge in [0.2, 0.25) is 0 Å². The standard InChI is InChI=1S/C14H19ClN4O2S2/c1-10-8-12(15)6-7-13(10)16-9-18(3)23-19(4)14(20)21-17-11(2)22-5/h6-9H,1-5H3/b16-9?,17-11+. The van der Waals surface area contributed by atoms with E-state index in [-0.39, 0.29) is 0 Å². The molecule has 0 fully saturated rings. The second kappa shape index (κ2) is 9.69. The summed E-state index contributed by atoms with van der Waals surface area (Å²) < 4.78 is 3.00. The minimum Gasteiger partial charge on any atom is -0.296 e. The lowest BCUT2D eigenvalue weighted by molar-refractivity contribution is 0.137. The van der Waals surface area contributed by atoms with E-state index in [1.54, 1.807) is 37.7 Å². The molecule has 23 heavy (non-hydrogen) atoms. The molecule has 0 saturated heterocycles. The normalized spacial score (nSPS) is 11.7. The zero-order chi connectivity index (χ0) is 17.4. The molecular weight excluding hydrogens is 356 g/mol. The third-order valence-corrected chi connectivity index (χ3v) is 4.22. The van der Waals surface area contributed by atoms with Crippen LogP contribution in [0.2, 0.25) is 5.02 Å². The number of nitrogens with zero attached hydrogens (tertiary/aromatic N) is 4. The van der Waals surface area contributed by atoms with Crippen molar-refractivity contribution < 1.29 is 9.63 Å². The summed E-state index contributed by atoms with van der Waals surface area (Å²) in [4.78, 5) is 20.9. The van der Waals surface area contributed by atoms with Gasteiger partial charge in [0.15, 0.2) is 0 Å². The Kier molecular flexibility index (Phi) is 8.29. The number of aryl methyl sites for hydroxylation is 1. The van der Waals surface area contributed by atoms with Crippen LogP contribution in [-0.2, 0) is 4.84 Å². The number of benzene rings is 1. The number of hydrogen-bond donors (Lipinski definition) is 0. The molecule has 0 saturated carbocycles. The maximum Gasteiger partial charge on any atom is 0.447 e. The van der Waals surface area contributed by atoms with Gasteiger partial charge in [0.1, 0.15) is 11.4 Å². The van der Waals surface area contributed by atoms with Crippen LogP contribution in [0.5, 0.6) is 0 Å². The summed E-state index contributed by atoms with van der Waals surface area (Å²) in [7, 11) is 3.37. The summed E-state index contributed by atoms with van der Waals surface area (Å²) in [6, 6.07) is 5.46. The minimum atomic E-state index is -0.564. The molecule has 0 aliphatic rings. The molecule has 0 heterocycles. The van der Waals surface area contributed by atoms with E-state index >= 15 is 0 Å². The molecule has 0 unspecified atom stereocenters. The fourth-order valence-corrected chi connectivity index (χ4v) is 2.27. The van der Waals surface area contributed by atoms with Gasteiger partial charge in [0.25, 0.3) is 0 Å². The lowest BCUT2D eigenvalue weighted by Gasteiger charge is -2.18. The van der Waals surface area contributed by atoms with Crippen molar-refractivity contribution in [3.8, 4) is 0 Å². The number of rotatable bonds is 5. The first-order valence-electron chi connectivity index (χ1n) is 6.58. The summed E-state index contributed by atoms with van der Waals surface area (Å²) in [5, 5.41) is 5.04. The highest BCUT2D eigenvalue weighted by molar-refractivity contribution is 8.13. The van der Waals surface area contributed by atoms with Crippen LogP contribution < -0.4 is 0 Å². The van der Waals surface area contributed by atoms with E-state index in [2.05, 4.69) is 10.1 Å². The van der Waals surface area contributed by atoms with E-state index in [1.165, 1.54) is 16.1 Å². The van der Waals surface area contributed by atoms with Crippen LogP contribution in [0.15, 0.2) is 28.3 Å². The molecule has 1 amide bonds. The summed E-state index contributed by atoms with van der Waals surface area (Å²) >= 11 is 8.45. The van der Waals surface area contributed by atoms with Crippen LogP contribution in [0.3, 0.4) is 0 Å². The van der Waals surface area contributed by atoms with Gasteiger partial charge in [-0.15, -0.1) is 11.8 Å². The quantitative estimate of drug-likeness (QED) is 0.248. The van der Waals surface area contributed by atoms with E-state index < -0.39 is 6.09 Å². The van der Waals surface area contributed by atoms with Crippen molar-refractivity contribution in [3.63, 3.8) is 0 Å². The molecule has 0 N–H and O–H groups in total. The van der Waals surface area contributed by atoms with E-state index in [4.69, 9.17) is 16.4 Å². The molecule has 0 aliphatic heterocycles. The molecule has 0 atom stereocenters. The van der Waals surface area contributed by atoms with Gasteiger partial charge in [-0.25, -0.2) is 14.1 Å².